The second-order valence-corrected chi connectivity index (χ2v) is 3.53. The maximum atomic E-state index is 3.48. The normalized spacial score (nSPS) is 23.5. The topological polar surface area (TPSA) is 24.1 Å². The van der Waals surface area contributed by atoms with E-state index in [1.165, 1.54) is 38.8 Å². The summed E-state index contributed by atoms with van der Waals surface area (Å²) in [6, 6.07) is 0. The fourth-order valence-corrected chi connectivity index (χ4v) is 2.01. The van der Waals surface area contributed by atoms with Crippen LogP contribution in [0.25, 0.3) is 0 Å². The van der Waals surface area contributed by atoms with Gasteiger partial charge in [0.05, 0.1) is 0 Å². The summed E-state index contributed by atoms with van der Waals surface area (Å²) in [5, 5.41) is 6.87. The average Bonchev–Trinajstić information content (AvgIpc) is 2.07. The van der Waals surface area contributed by atoms with Gasteiger partial charge in [0.25, 0.3) is 0 Å². The fourth-order valence-electron chi connectivity index (χ4n) is 2.01. The van der Waals surface area contributed by atoms with Gasteiger partial charge >= 0.3 is 0 Å². The maximum Gasteiger partial charge on any atom is 0.0202 e. The van der Waals surface area contributed by atoms with E-state index in [1.807, 2.05) is 0 Å². The third-order valence-corrected chi connectivity index (χ3v) is 2.82. The summed E-state index contributed by atoms with van der Waals surface area (Å²) in [6.45, 7) is 4.63. The lowest BCUT2D eigenvalue weighted by atomic mass is 9.84. The molecule has 1 heterocycles. The summed E-state index contributed by atoms with van der Waals surface area (Å²) < 4.78 is 0. The number of hydrogen-bond acceptors (Lipinski definition) is 2. The van der Waals surface area contributed by atoms with E-state index in [2.05, 4.69) is 24.6 Å². The van der Waals surface area contributed by atoms with Gasteiger partial charge in [-0.2, -0.15) is 0 Å². The van der Waals surface area contributed by atoms with Crippen molar-refractivity contribution < 1.29 is 0 Å². The van der Waals surface area contributed by atoms with Crippen LogP contribution in [0.15, 0.2) is 0 Å². The fraction of sp³-hybridized carbons (Fsp3) is 1.00. The first kappa shape index (κ1) is 9.01. The van der Waals surface area contributed by atoms with E-state index in [1.54, 1.807) is 0 Å². The Morgan fingerprint density at radius 2 is 2.00 bits per heavy atom. The summed E-state index contributed by atoms with van der Waals surface area (Å²) in [6.07, 6.45) is 5.20. The van der Waals surface area contributed by atoms with Gasteiger partial charge in [-0.25, -0.2) is 0 Å². The molecule has 0 saturated carbocycles. The monoisotopic (exact) mass is 156 g/mol. The number of piperidine rings is 1. The Morgan fingerprint density at radius 1 is 1.36 bits per heavy atom. The van der Waals surface area contributed by atoms with Crippen molar-refractivity contribution in [3.63, 3.8) is 0 Å². The zero-order valence-corrected chi connectivity index (χ0v) is 7.74. The lowest BCUT2D eigenvalue weighted by molar-refractivity contribution is 0.240. The van der Waals surface area contributed by atoms with Crippen molar-refractivity contribution in [2.75, 3.05) is 20.1 Å². The van der Waals surface area contributed by atoms with Crippen LogP contribution in [-0.2, 0) is 0 Å². The van der Waals surface area contributed by atoms with Crippen LogP contribution in [0.1, 0.15) is 32.6 Å². The predicted octanol–water partition coefficient (Wildman–Crippen LogP) is 1.13. The van der Waals surface area contributed by atoms with E-state index >= 15 is 0 Å². The molecule has 1 aliphatic rings. The highest BCUT2D eigenvalue weighted by atomic mass is 15.0. The zero-order chi connectivity index (χ0) is 8.16. The molecule has 1 fully saturated rings. The van der Waals surface area contributed by atoms with Crippen molar-refractivity contribution >= 4 is 0 Å². The maximum absolute atomic E-state index is 3.48. The molecule has 0 unspecified atom stereocenters. The molecule has 0 aromatic rings. The van der Waals surface area contributed by atoms with Crippen molar-refractivity contribution in [2.24, 2.45) is 0 Å². The highest BCUT2D eigenvalue weighted by molar-refractivity contribution is 4.90. The molecule has 11 heavy (non-hydrogen) atoms. The van der Waals surface area contributed by atoms with Gasteiger partial charge < -0.3 is 10.6 Å². The molecule has 0 aromatic carbocycles. The Balaban J connectivity index is 2.42. The first-order valence-electron chi connectivity index (χ1n) is 4.72. The molecule has 0 aromatic heterocycles. The van der Waals surface area contributed by atoms with E-state index in [0.29, 0.717) is 5.54 Å². The molecule has 0 bridgehead atoms. The Morgan fingerprint density at radius 3 is 2.45 bits per heavy atom. The van der Waals surface area contributed by atoms with Crippen LogP contribution in [0.5, 0.6) is 0 Å². The van der Waals surface area contributed by atoms with Gasteiger partial charge in [-0.05, 0) is 39.4 Å². The molecule has 0 radical (unpaired) electrons. The number of rotatable bonds is 3. The smallest absolute Gasteiger partial charge is 0.0202 e. The van der Waals surface area contributed by atoms with Gasteiger partial charge in [0, 0.05) is 5.54 Å². The second kappa shape index (κ2) is 4.07. The average molecular weight is 156 g/mol. The van der Waals surface area contributed by atoms with Crippen molar-refractivity contribution in [3.8, 4) is 0 Å². The highest BCUT2D eigenvalue weighted by Crippen LogP contribution is 2.22. The molecule has 2 heteroatoms. The first-order chi connectivity index (χ1) is 5.33. The molecular weight excluding hydrogens is 136 g/mol. The summed E-state index contributed by atoms with van der Waals surface area (Å²) in [5.74, 6) is 0. The lowest BCUT2D eigenvalue weighted by Gasteiger charge is -2.37. The SMILES string of the molecule is CCCC1(NC)CCNCC1. The van der Waals surface area contributed by atoms with E-state index in [0.717, 1.165) is 0 Å². The molecule has 0 amide bonds. The third kappa shape index (κ3) is 2.17. The van der Waals surface area contributed by atoms with Crippen LogP contribution in [0.2, 0.25) is 0 Å². The zero-order valence-electron chi connectivity index (χ0n) is 7.74. The summed E-state index contributed by atoms with van der Waals surface area (Å²) in [7, 11) is 2.10. The molecule has 1 saturated heterocycles. The molecule has 0 spiro atoms. The minimum atomic E-state index is 0.458. The first-order valence-corrected chi connectivity index (χ1v) is 4.72. The molecular formula is C9H20N2. The van der Waals surface area contributed by atoms with Gasteiger partial charge in [-0.15, -0.1) is 0 Å². The summed E-state index contributed by atoms with van der Waals surface area (Å²) in [5.41, 5.74) is 0.458. The van der Waals surface area contributed by atoms with Gasteiger partial charge in [-0.3, -0.25) is 0 Å². The van der Waals surface area contributed by atoms with Crippen molar-refractivity contribution in [1.82, 2.24) is 10.6 Å². The van der Waals surface area contributed by atoms with Gasteiger partial charge in [-0.1, -0.05) is 13.3 Å². The van der Waals surface area contributed by atoms with Crippen molar-refractivity contribution in [3.05, 3.63) is 0 Å². The van der Waals surface area contributed by atoms with E-state index in [4.69, 9.17) is 0 Å². The third-order valence-electron chi connectivity index (χ3n) is 2.82. The van der Waals surface area contributed by atoms with Crippen LogP contribution >= 0.6 is 0 Å². The Kier molecular flexibility index (Phi) is 3.34. The molecule has 2 N–H and O–H groups in total. The molecule has 2 nitrogen and oxygen atoms in total. The van der Waals surface area contributed by atoms with Gasteiger partial charge in [0.2, 0.25) is 0 Å². The number of nitrogens with one attached hydrogen (secondary N) is 2. The minimum absolute atomic E-state index is 0.458. The predicted molar refractivity (Wildman–Crippen MR) is 48.8 cm³/mol. The van der Waals surface area contributed by atoms with Crippen molar-refractivity contribution in [2.45, 2.75) is 38.1 Å². The van der Waals surface area contributed by atoms with Crippen LogP contribution in [-0.4, -0.2) is 25.7 Å². The van der Waals surface area contributed by atoms with Gasteiger partial charge in [0.1, 0.15) is 0 Å². The Bertz CT molecular complexity index is 101. The van der Waals surface area contributed by atoms with Crippen LogP contribution < -0.4 is 10.6 Å². The summed E-state index contributed by atoms with van der Waals surface area (Å²) >= 11 is 0. The van der Waals surface area contributed by atoms with E-state index in [9.17, 15) is 0 Å². The lowest BCUT2D eigenvalue weighted by Crippen LogP contribution is -2.50. The Labute approximate surface area is 69.8 Å². The number of hydrogen-bond donors (Lipinski definition) is 2. The minimum Gasteiger partial charge on any atom is -0.317 e. The molecule has 66 valence electrons. The second-order valence-electron chi connectivity index (χ2n) is 3.53. The largest absolute Gasteiger partial charge is 0.317 e. The van der Waals surface area contributed by atoms with E-state index in [-0.39, 0.29) is 0 Å². The van der Waals surface area contributed by atoms with Crippen molar-refractivity contribution in [1.29, 1.82) is 0 Å². The summed E-state index contributed by atoms with van der Waals surface area (Å²) in [4.78, 5) is 0. The van der Waals surface area contributed by atoms with E-state index < -0.39 is 0 Å². The molecule has 0 atom stereocenters. The molecule has 0 aliphatic carbocycles. The van der Waals surface area contributed by atoms with Crippen LogP contribution in [0.4, 0.5) is 0 Å². The molecule has 1 rings (SSSR count). The Hall–Kier alpha value is -0.0800. The quantitative estimate of drug-likeness (QED) is 0.640. The van der Waals surface area contributed by atoms with Gasteiger partial charge in [0.15, 0.2) is 0 Å². The highest BCUT2D eigenvalue weighted by Gasteiger charge is 2.28. The van der Waals surface area contributed by atoms with Crippen LogP contribution in [0, 0.1) is 0 Å². The van der Waals surface area contributed by atoms with Crippen LogP contribution in [0.3, 0.4) is 0 Å². The standard InChI is InChI=1S/C9H20N2/c1-3-4-9(10-2)5-7-11-8-6-9/h10-11H,3-8H2,1-2H3. The molecule has 1 aliphatic heterocycles.